The summed E-state index contributed by atoms with van der Waals surface area (Å²) in [6.45, 7) is 2.18. The quantitative estimate of drug-likeness (QED) is 0.787. The molecule has 4 fully saturated rings. The Morgan fingerprint density at radius 2 is 1.69 bits per heavy atom. The van der Waals surface area contributed by atoms with Crippen LogP contribution in [0, 0.1) is 23.2 Å². The molecular weight excluding hydrogens is 330 g/mol. The van der Waals surface area contributed by atoms with Gasteiger partial charge >= 0.3 is 5.97 Å². The van der Waals surface area contributed by atoms with Gasteiger partial charge in [0, 0.05) is 0 Å². The van der Waals surface area contributed by atoms with E-state index in [0.29, 0.717) is 35.8 Å². The third-order valence-corrected chi connectivity index (χ3v) is 6.27. The van der Waals surface area contributed by atoms with Gasteiger partial charge in [-0.25, -0.2) is 0 Å². The van der Waals surface area contributed by atoms with Crippen molar-refractivity contribution in [3.8, 4) is 5.75 Å². The Hall–Kier alpha value is -2.04. The maximum absolute atomic E-state index is 12.8. The Labute approximate surface area is 154 Å². The molecule has 4 aliphatic carbocycles. The van der Waals surface area contributed by atoms with Gasteiger partial charge in [-0.15, -0.1) is 0 Å². The third-order valence-electron chi connectivity index (χ3n) is 6.27. The molecule has 1 aromatic carbocycles. The van der Waals surface area contributed by atoms with Gasteiger partial charge in [-0.2, -0.15) is 0 Å². The average molecular weight is 357 g/mol. The molecule has 0 unspecified atom stereocenters. The fourth-order valence-electron chi connectivity index (χ4n) is 5.68. The lowest BCUT2D eigenvalue weighted by molar-refractivity contribution is -0.172. The normalized spacial score (nSPS) is 31.5. The zero-order valence-corrected chi connectivity index (χ0v) is 15.3. The fourth-order valence-corrected chi connectivity index (χ4v) is 5.68. The Morgan fingerprint density at radius 3 is 2.31 bits per heavy atom. The first-order chi connectivity index (χ1) is 12.6. The van der Waals surface area contributed by atoms with Crippen molar-refractivity contribution in [2.75, 3.05) is 18.5 Å². The van der Waals surface area contributed by atoms with E-state index in [1.54, 1.807) is 12.1 Å². The third kappa shape index (κ3) is 3.31. The standard InChI is InChI=1S/C21H27NO4/c1-2-25-18-6-4-3-5-17(18)22-19(23)13-26-20(24)21-10-14-7-15(11-21)9-16(8-14)12-21/h3-6,14-16H,2,7-13H2,1H3,(H,22,23). The molecule has 5 nitrogen and oxygen atoms in total. The van der Waals surface area contributed by atoms with Crippen molar-refractivity contribution in [3.63, 3.8) is 0 Å². The van der Waals surface area contributed by atoms with E-state index in [1.165, 1.54) is 19.3 Å². The van der Waals surface area contributed by atoms with E-state index in [4.69, 9.17) is 9.47 Å². The monoisotopic (exact) mass is 357 g/mol. The summed E-state index contributed by atoms with van der Waals surface area (Å²) in [4.78, 5) is 25.1. The van der Waals surface area contributed by atoms with E-state index in [-0.39, 0.29) is 23.9 Å². The average Bonchev–Trinajstić information content (AvgIpc) is 2.60. The second-order valence-corrected chi connectivity index (χ2v) is 8.25. The Morgan fingerprint density at radius 1 is 1.08 bits per heavy atom. The minimum absolute atomic E-state index is 0.162. The molecule has 4 aliphatic rings. The summed E-state index contributed by atoms with van der Waals surface area (Å²) in [7, 11) is 0. The van der Waals surface area contributed by atoms with E-state index in [1.807, 2.05) is 19.1 Å². The van der Waals surface area contributed by atoms with Crippen LogP contribution < -0.4 is 10.1 Å². The molecule has 0 heterocycles. The number of ether oxygens (including phenoxy) is 2. The lowest BCUT2D eigenvalue weighted by atomic mass is 9.49. The van der Waals surface area contributed by atoms with Crippen LogP contribution >= 0.6 is 0 Å². The number of hydrogen-bond donors (Lipinski definition) is 1. The second-order valence-electron chi connectivity index (χ2n) is 8.25. The lowest BCUT2D eigenvalue weighted by Gasteiger charge is -2.55. The molecule has 4 bridgehead atoms. The molecule has 0 radical (unpaired) electrons. The van der Waals surface area contributed by atoms with Gasteiger partial charge in [0.05, 0.1) is 17.7 Å². The summed E-state index contributed by atoms with van der Waals surface area (Å²) < 4.78 is 11.0. The fraction of sp³-hybridized carbons (Fsp3) is 0.619. The number of anilines is 1. The first kappa shape index (κ1) is 17.4. The van der Waals surface area contributed by atoms with E-state index >= 15 is 0 Å². The Bertz CT molecular complexity index is 664. The van der Waals surface area contributed by atoms with Gasteiger partial charge < -0.3 is 14.8 Å². The predicted molar refractivity (Wildman–Crippen MR) is 97.8 cm³/mol. The van der Waals surface area contributed by atoms with Gasteiger partial charge in [-0.05, 0) is 75.3 Å². The number of rotatable bonds is 6. The first-order valence-corrected chi connectivity index (χ1v) is 9.77. The highest BCUT2D eigenvalue weighted by molar-refractivity contribution is 5.94. The molecule has 0 atom stereocenters. The number of esters is 1. The highest BCUT2D eigenvalue weighted by Gasteiger charge is 2.55. The van der Waals surface area contributed by atoms with Crippen LogP contribution in [0.15, 0.2) is 24.3 Å². The number of amides is 1. The van der Waals surface area contributed by atoms with Crippen molar-refractivity contribution in [3.05, 3.63) is 24.3 Å². The van der Waals surface area contributed by atoms with Crippen molar-refractivity contribution < 1.29 is 19.1 Å². The van der Waals surface area contributed by atoms with Crippen molar-refractivity contribution >= 4 is 17.6 Å². The topological polar surface area (TPSA) is 64.6 Å². The molecule has 5 rings (SSSR count). The molecule has 0 spiro atoms. The van der Waals surface area contributed by atoms with Crippen molar-refractivity contribution in [2.24, 2.45) is 23.2 Å². The van der Waals surface area contributed by atoms with Gasteiger partial charge in [0.2, 0.25) is 0 Å². The smallest absolute Gasteiger partial charge is 0.312 e. The van der Waals surface area contributed by atoms with E-state index < -0.39 is 0 Å². The maximum Gasteiger partial charge on any atom is 0.312 e. The van der Waals surface area contributed by atoms with E-state index in [0.717, 1.165) is 19.3 Å². The summed E-state index contributed by atoms with van der Waals surface area (Å²) in [5.41, 5.74) is 0.281. The van der Waals surface area contributed by atoms with Crippen molar-refractivity contribution in [2.45, 2.75) is 45.4 Å². The molecular formula is C21H27NO4. The van der Waals surface area contributed by atoms with E-state index in [2.05, 4.69) is 5.32 Å². The van der Waals surface area contributed by atoms with Gasteiger partial charge in [-0.3, -0.25) is 9.59 Å². The van der Waals surface area contributed by atoms with Crippen LogP contribution in [-0.4, -0.2) is 25.1 Å². The first-order valence-electron chi connectivity index (χ1n) is 9.77. The molecule has 0 aromatic heterocycles. The van der Waals surface area contributed by atoms with E-state index in [9.17, 15) is 9.59 Å². The minimum Gasteiger partial charge on any atom is -0.492 e. The molecule has 0 aliphatic heterocycles. The zero-order valence-electron chi connectivity index (χ0n) is 15.3. The van der Waals surface area contributed by atoms with Gasteiger partial charge in [-0.1, -0.05) is 12.1 Å². The highest BCUT2D eigenvalue weighted by Crippen LogP contribution is 2.60. The van der Waals surface area contributed by atoms with Crippen LogP contribution in [0.1, 0.15) is 45.4 Å². The summed E-state index contributed by atoms with van der Waals surface area (Å²) in [5.74, 6) is 2.18. The second kappa shape index (κ2) is 6.93. The Balaban J connectivity index is 1.34. The van der Waals surface area contributed by atoms with Crippen LogP contribution in [0.25, 0.3) is 0 Å². The number of para-hydroxylation sites is 2. The summed E-state index contributed by atoms with van der Waals surface area (Å²) in [5, 5.41) is 2.78. The molecule has 1 amide bonds. The van der Waals surface area contributed by atoms with Gasteiger partial charge in [0.1, 0.15) is 5.75 Å². The molecule has 4 saturated carbocycles. The minimum atomic E-state index is -0.324. The lowest BCUT2D eigenvalue weighted by Crippen LogP contribution is -2.50. The molecule has 1 aromatic rings. The number of carbonyl (C=O) groups excluding carboxylic acids is 2. The van der Waals surface area contributed by atoms with Crippen LogP contribution in [0.3, 0.4) is 0 Å². The number of carbonyl (C=O) groups is 2. The predicted octanol–water partition coefficient (Wildman–Crippen LogP) is 3.78. The molecule has 5 heteroatoms. The van der Waals surface area contributed by atoms with Crippen molar-refractivity contribution in [1.29, 1.82) is 0 Å². The molecule has 1 N–H and O–H groups in total. The molecule has 0 saturated heterocycles. The van der Waals surface area contributed by atoms with Crippen molar-refractivity contribution in [1.82, 2.24) is 0 Å². The highest BCUT2D eigenvalue weighted by atomic mass is 16.5. The Kier molecular flexibility index (Phi) is 4.63. The number of nitrogens with one attached hydrogen (secondary N) is 1. The van der Waals surface area contributed by atoms with Gasteiger partial charge in [0.25, 0.3) is 5.91 Å². The maximum atomic E-state index is 12.8. The molecule has 26 heavy (non-hydrogen) atoms. The van der Waals surface area contributed by atoms with Crippen LogP contribution in [0.2, 0.25) is 0 Å². The summed E-state index contributed by atoms with van der Waals surface area (Å²) >= 11 is 0. The SMILES string of the molecule is CCOc1ccccc1NC(=O)COC(=O)C12CC3CC(CC(C3)C1)C2. The zero-order chi connectivity index (χ0) is 18.1. The van der Waals surface area contributed by atoms with Crippen LogP contribution in [0.5, 0.6) is 5.75 Å². The molecule has 140 valence electrons. The van der Waals surface area contributed by atoms with Crippen LogP contribution in [0.4, 0.5) is 5.69 Å². The summed E-state index contributed by atoms with van der Waals surface area (Å²) in [6, 6.07) is 7.28. The largest absolute Gasteiger partial charge is 0.492 e. The summed E-state index contributed by atoms with van der Waals surface area (Å²) in [6.07, 6.45) is 6.69. The number of benzene rings is 1. The van der Waals surface area contributed by atoms with Crippen LogP contribution in [-0.2, 0) is 14.3 Å². The van der Waals surface area contributed by atoms with Gasteiger partial charge in [0.15, 0.2) is 6.61 Å². The number of hydrogen-bond acceptors (Lipinski definition) is 4.